The van der Waals surface area contributed by atoms with Crippen LogP contribution in [0.2, 0.25) is 0 Å². The molecule has 3 fully saturated rings. The quantitative estimate of drug-likeness (QED) is 0.256. The van der Waals surface area contributed by atoms with Gasteiger partial charge < -0.3 is 5.11 Å². The molecular formula is C27H34FNO3. The van der Waals surface area contributed by atoms with E-state index >= 15 is 0 Å². The largest absolute Gasteiger partial charge is 0.388 e. The lowest BCUT2D eigenvalue weighted by Gasteiger charge is -2.54. The smallest absolute Gasteiger partial charge is 0.272 e. The Morgan fingerprint density at radius 1 is 1.03 bits per heavy atom. The van der Waals surface area contributed by atoms with Crippen LogP contribution >= 0.6 is 0 Å². The molecule has 1 atom stereocenters. The Bertz CT molecular complexity index is 931. The van der Waals surface area contributed by atoms with Crippen LogP contribution in [0.3, 0.4) is 0 Å². The minimum absolute atomic E-state index is 0.0919. The van der Waals surface area contributed by atoms with Crippen molar-refractivity contribution >= 4 is 5.69 Å². The van der Waals surface area contributed by atoms with E-state index in [0.29, 0.717) is 5.41 Å². The zero-order chi connectivity index (χ0) is 22.8. The Morgan fingerprint density at radius 3 is 2.25 bits per heavy atom. The number of aliphatic hydroxyl groups is 1. The predicted molar refractivity (Wildman–Crippen MR) is 124 cm³/mol. The number of benzene rings is 2. The fourth-order valence-electron chi connectivity index (χ4n) is 6.02. The van der Waals surface area contributed by atoms with E-state index in [-0.39, 0.29) is 23.1 Å². The third-order valence-corrected chi connectivity index (χ3v) is 8.28. The lowest BCUT2D eigenvalue weighted by molar-refractivity contribution is -0.385. The Kier molecular flexibility index (Phi) is 6.66. The molecule has 5 rings (SSSR count). The molecule has 4 nitrogen and oxygen atoms in total. The Labute approximate surface area is 190 Å². The summed E-state index contributed by atoms with van der Waals surface area (Å²) in [6.07, 6.45) is 12.4. The second-order valence-electron chi connectivity index (χ2n) is 10.1. The maximum atomic E-state index is 14.2. The molecule has 2 aromatic rings. The van der Waals surface area contributed by atoms with Crippen molar-refractivity contribution in [2.24, 2.45) is 5.41 Å². The van der Waals surface area contributed by atoms with Crippen molar-refractivity contribution in [2.45, 2.75) is 89.1 Å². The molecule has 0 unspecified atom stereocenters. The molecule has 0 saturated heterocycles. The first-order valence-electron chi connectivity index (χ1n) is 12.1. The van der Waals surface area contributed by atoms with Gasteiger partial charge >= 0.3 is 0 Å². The van der Waals surface area contributed by atoms with Gasteiger partial charge in [0.15, 0.2) is 0 Å². The molecule has 0 radical (unpaired) electrons. The van der Waals surface area contributed by atoms with Crippen LogP contribution in [0.15, 0.2) is 42.5 Å². The van der Waals surface area contributed by atoms with Gasteiger partial charge in [-0.05, 0) is 78.5 Å². The van der Waals surface area contributed by atoms with E-state index in [1.165, 1.54) is 81.9 Å². The number of halogens is 1. The van der Waals surface area contributed by atoms with Crippen molar-refractivity contribution in [3.63, 3.8) is 0 Å². The van der Waals surface area contributed by atoms with Crippen molar-refractivity contribution in [1.29, 1.82) is 0 Å². The van der Waals surface area contributed by atoms with Crippen LogP contribution in [0.25, 0.3) is 0 Å². The van der Waals surface area contributed by atoms with E-state index in [0.717, 1.165) is 11.6 Å². The van der Waals surface area contributed by atoms with E-state index in [9.17, 15) is 19.6 Å². The molecule has 2 aromatic carbocycles. The van der Waals surface area contributed by atoms with Crippen LogP contribution in [0.5, 0.6) is 0 Å². The summed E-state index contributed by atoms with van der Waals surface area (Å²) in [7, 11) is 0. The van der Waals surface area contributed by atoms with E-state index in [2.05, 4.69) is 19.1 Å². The first kappa shape index (κ1) is 22.9. The van der Waals surface area contributed by atoms with E-state index in [4.69, 9.17) is 0 Å². The lowest BCUT2D eigenvalue weighted by atomic mass is 9.51. The highest BCUT2D eigenvalue weighted by Gasteiger charge is 2.48. The van der Waals surface area contributed by atoms with Crippen LogP contribution in [-0.4, -0.2) is 10.0 Å². The normalized spacial score (nSPS) is 25.6. The predicted octanol–water partition coefficient (Wildman–Crippen LogP) is 7.18. The molecule has 0 aromatic heterocycles. The number of fused-ring (bicyclic) bond motifs is 3. The molecule has 3 aliphatic rings. The molecular weight excluding hydrogens is 405 g/mol. The third kappa shape index (κ3) is 4.59. The van der Waals surface area contributed by atoms with E-state index in [1.807, 2.05) is 12.1 Å². The molecule has 0 heterocycles. The van der Waals surface area contributed by atoms with Crippen molar-refractivity contribution < 1.29 is 14.4 Å². The molecule has 0 aliphatic heterocycles. The van der Waals surface area contributed by atoms with Gasteiger partial charge in [-0.1, -0.05) is 50.5 Å². The zero-order valence-electron chi connectivity index (χ0n) is 19.0. The van der Waals surface area contributed by atoms with Crippen molar-refractivity contribution in [3.05, 3.63) is 75.1 Å². The minimum atomic E-state index is -0.846. The Morgan fingerprint density at radius 2 is 1.69 bits per heavy atom. The van der Waals surface area contributed by atoms with Gasteiger partial charge in [0.25, 0.3) is 5.69 Å². The van der Waals surface area contributed by atoms with Crippen molar-refractivity contribution in [2.75, 3.05) is 0 Å². The molecule has 32 heavy (non-hydrogen) atoms. The summed E-state index contributed by atoms with van der Waals surface area (Å²) in [6, 6.07) is 11.8. The maximum Gasteiger partial charge on any atom is 0.272 e. The molecule has 1 N–H and O–H groups in total. The second-order valence-corrected chi connectivity index (χ2v) is 10.1. The van der Waals surface area contributed by atoms with Gasteiger partial charge in [-0.3, -0.25) is 10.1 Å². The topological polar surface area (TPSA) is 63.4 Å². The highest BCUT2D eigenvalue weighted by molar-refractivity contribution is 5.36. The molecule has 0 spiro atoms. The number of non-ortho nitro benzene ring substituents is 1. The monoisotopic (exact) mass is 439 g/mol. The Hall–Kier alpha value is -2.27. The van der Waals surface area contributed by atoms with Crippen LogP contribution in [0.1, 0.15) is 93.9 Å². The first-order valence-corrected chi connectivity index (χ1v) is 12.1. The molecule has 0 amide bonds. The van der Waals surface area contributed by atoms with Gasteiger partial charge in [-0.15, -0.1) is 0 Å². The third-order valence-electron chi connectivity index (χ3n) is 8.28. The average molecular weight is 440 g/mol. The Balaban J connectivity index is 1.40. The van der Waals surface area contributed by atoms with Gasteiger partial charge in [-0.2, -0.15) is 0 Å². The number of nitro groups is 1. The number of hydrogen-bond donors (Lipinski definition) is 1. The fourth-order valence-corrected chi connectivity index (χ4v) is 6.02. The summed E-state index contributed by atoms with van der Waals surface area (Å²) >= 11 is 0. The van der Waals surface area contributed by atoms with Crippen molar-refractivity contribution in [1.82, 2.24) is 0 Å². The second kappa shape index (κ2) is 9.30. The summed E-state index contributed by atoms with van der Waals surface area (Å²) in [6.45, 7) is 2.27. The highest BCUT2D eigenvalue weighted by atomic mass is 19.1. The number of nitro benzene ring substituents is 1. The van der Waals surface area contributed by atoms with Crippen LogP contribution in [0, 0.1) is 21.3 Å². The summed E-state index contributed by atoms with van der Waals surface area (Å²) in [5.74, 6) is -0.652. The molecule has 3 saturated carbocycles. The number of rotatable bonds is 9. The standard InChI is InChI=1S/C27H34FNO3/c1-2-3-4-11-26-12-15-27(16-13-26,17-14-26)22-8-5-20(6-9-22)25(30)18-21-7-10-23(29(31)32)19-24(21)28/h5-10,19,25,30H,2-4,11-18H2,1H3/t25-,26?,27?/m0/s1. The van der Waals surface area contributed by atoms with Crippen LogP contribution in [-0.2, 0) is 11.8 Å². The van der Waals surface area contributed by atoms with Gasteiger partial charge in [0.2, 0.25) is 0 Å². The number of aliphatic hydroxyl groups excluding tert-OH is 1. The molecule has 172 valence electrons. The highest BCUT2D eigenvalue weighted by Crippen LogP contribution is 2.59. The van der Waals surface area contributed by atoms with Crippen LogP contribution in [0.4, 0.5) is 10.1 Å². The summed E-state index contributed by atoms with van der Waals surface area (Å²) < 4.78 is 14.2. The van der Waals surface area contributed by atoms with Crippen LogP contribution < -0.4 is 0 Å². The van der Waals surface area contributed by atoms with Gasteiger partial charge in [-0.25, -0.2) is 4.39 Å². The van der Waals surface area contributed by atoms with E-state index < -0.39 is 16.8 Å². The summed E-state index contributed by atoms with van der Waals surface area (Å²) in [5, 5.41) is 21.4. The SMILES string of the molecule is CCCCCC12CCC(c3ccc([C@@H](O)Cc4ccc([N+](=O)[O-])cc4F)cc3)(CC1)CC2. The van der Waals surface area contributed by atoms with Gasteiger partial charge in [0.1, 0.15) is 5.82 Å². The number of unbranched alkanes of at least 4 members (excludes halogenated alkanes) is 2. The minimum Gasteiger partial charge on any atom is -0.388 e. The summed E-state index contributed by atoms with van der Waals surface area (Å²) in [4.78, 5) is 10.2. The van der Waals surface area contributed by atoms with Gasteiger partial charge in [0, 0.05) is 12.5 Å². The average Bonchev–Trinajstić information content (AvgIpc) is 2.81. The molecule has 3 aliphatic carbocycles. The lowest BCUT2D eigenvalue weighted by Crippen LogP contribution is -2.44. The van der Waals surface area contributed by atoms with E-state index in [1.54, 1.807) is 0 Å². The van der Waals surface area contributed by atoms with Crippen molar-refractivity contribution in [3.8, 4) is 0 Å². The molecule has 2 bridgehead atoms. The summed E-state index contributed by atoms with van der Waals surface area (Å²) in [5.41, 5.74) is 2.99. The fraction of sp³-hybridized carbons (Fsp3) is 0.556. The molecule has 5 heteroatoms. The van der Waals surface area contributed by atoms with Gasteiger partial charge in [0.05, 0.1) is 17.1 Å². The first-order chi connectivity index (χ1) is 15.4. The maximum absolute atomic E-state index is 14.2. The number of hydrogen-bond acceptors (Lipinski definition) is 3. The zero-order valence-corrected chi connectivity index (χ0v) is 19.0. The number of nitrogens with zero attached hydrogens (tertiary/aromatic N) is 1.